The summed E-state index contributed by atoms with van der Waals surface area (Å²) < 4.78 is 9.48. The van der Waals surface area contributed by atoms with Gasteiger partial charge in [0, 0.05) is 11.6 Å². The molecule has 0 amide bonds. The topological polar surface area (TPSA) is 74.8 Å². The highest BCUT2D eigenvalue weighted by Gasteiger charge is 2.26. The quantitative estimate of drug-likeness (QED) is 0.403. The van der Waals surface area contributed by atoms with Gasteiger partial charge in [0.05, 0.1) is 24.7 Å². The molecule has 166 valence electrons. The van der Waals surface area contributed by atoms with Crippen molar-refractivity contribution in [2.45, 2.75) is 45.2 Å². The summed E-state index contributed by atoms with van der Waals surface area (Å²) in [6, 6.07) is 15.9. The van der Waals surface area contributed by atoms with E-state index in [9.17, 15) is 4.79 Å². The smallest absolute Gasteiger partial charge is 0.265 e. The van der Waals surface area contributed by atoms with E-state index >= 15 is 0 Å². The number of hydrogen-bond acceptors (Lipinski definition) is 5. The van der Waals surface area contributed by atoms with Crippen LogP contribution < -0.4 is 10.3 Å². The predicted octanol–water partition coefficient (Wildman–Crippen LogP) is 4.77. The third kappa shape index (κ3) is 3.10. The molecule has 7 nitrogen and oxygen atoms in total. The molecule has 7 heteroatoms. The summed E-state index contributed by atoms with van der Waals surface area (Å²) in [5.74, 6) is 1.53. The summed E-state index contributed by atoms with van der Waals surface area (Å²) in [5, 5.41) is 0.552. The Balaban J connectivity index is 1.70. The second-order valence-corrected chi connectivity index (χ2v) is 8.75. The van der Waals surface area contributed by atoms with Gasteiger partial charge >= 0.3 is 0 Å². The van der Waals surface area contributed by atoms with Crippen molar-refractivity contribution >= 4 is 33.2 Å². The molecular weight excluding hydrogens is 414 g/mol. The van der Waals surface area contributed by atoms with Gasteiger partial charge in [0.1, 0.15) is 22.5 Å². The van der Waals surface area contributed by atoms with E-state index < -0.39 is 0 Å². The van der Waals surface area contributed by atoms with Crippen LogP contribution in [0.5, 0.6) is 5.75 Å². The molecule has 1 aliphatic rings. The number of fused-ring (bicyclic) bond motifs is 4. The lowest BCUT2D eigenvalue weighted by Gasteiger charge is -2.16. The number of nitrogens with zero attached hydrogens (tertiary/aromatic N) is 5. The number of hydrogen-bond donors (Lipinski definition) is 0. The maximum absolute atomic E-state index is 13.9. The van der Waals surface area contributed by atoms with Crippen LogP contribution >= 0.6 is 0 Å². The van der Waals surface area contributed by atoms with Crippen LogP contribution in [-0.2, 0) is 6.54 Å². The summed E-state index contributed by atoms with van der Waals surface area (Å²) >= 11 is 0. The van der Waals surface area contributed by atoms with E-state index in [1.807, 2.05) is 64.6 Å². The summed E-state index contributed by atoms with van der Waals surface area (Å²) in [5.41, 5.74) is 4.45. The standard InChI is InChI=1S/C26H25N5O2/c1-16-27-24-22(26(32)31(16)18-10-4-5-11-18)23-25(29-20-13-7-6-12-19(20)28-23)30(24)15-17-9-3-8-14-21(17)33-2/h3,6-9,12-14,18H,4-5,10-11,15H2,1-2H3. The number of aryl methyl sites for hydroxylation is 1. The minimum absolute atomic E-state index is 0.0160. The molecule has 5 aromatic rings. The van der Waals surface area contributed by atoms with Gasteiger partial charge in [-0.15, -0.1) is 0 Å². The van der Waals surface area contributed by atoms with Crippen LogP contribution in [0.1, 0.15) is 43.1 Å². The van der Waals surface area contributed by atoms with Crippen molar-refractivity contribution in [3.05, 3.63) is 70.3 Å². The Labute approximate surface area is 190 Å². The zero-order valence-corrected chi connectivity index (χ0v) is 18.8. The van der Waals surface area contributed by atoms with Gasteiger partial charge in [-0.2, -0.15) is 0 Å². The number of methoxy groups -OCH3 is 1. The monoisotopic (exact) mass is 439 g/mol. The number of para-hydroxylation sites is 3. The van der Waals surface area contributed by atoms with Crippen LogP contribution in [0.2, 0.25) is 0 Å². The number of aromatic nitrogens is 5. The first kappa shape index (κ1) is 19.9. The van der Waals surface area contributed by atoms with Crippen molar-refractivity contribution in [3.63, 3.8) is 0 Å². The number of rotatable bonds is 4. The molecule has 3 aromatic heterocycles. The number of ether oxygens (including phenoxy) is 1. The fraction of sp³-hybridized carbons (Fsp3) is 0.308. The maximum atomic E-state index is 13.9. The second-order valence-electron chi connectivity index (χ2n) is 8.75. The molecule has 6 rings (SSSR count). The van der Waals surface area contributed by atoms with Crippen LogP contribution in [0.3, 0.4) is 0 Å². The largest absolute Gasteiger partial charge is 0.496 e. The third-order valence-corrected chi connectivity index (χ3v) is 6.78. The van der Waals surface area contributed by atoms with Gasteiger partial charge in [0.25, 0.3) is 5.56 Å². The van der Waals surface area contributed by atoms with Crippen molar-refractivity contribution in [1.29, 1.82) is 0 Å². The highest BCUT2D eigenvalue weighted by molar-refractivity contribution is 6.04. The summed E-state index contributed by atoms with van der Waals surface area (Å²) in [6.07, 6.45) is 4.33. The molecule has 0 spiro atoms. The van der Waals surface area contributed by atoms with Crippen LogP contribution in [0.15, 0.2) is 53.3 Å². The van der Waals surface area contributed by atoms with Crippen LogP contribution in [0, 0.1) is 6.92 Å². The molecule has 33 heavy (non-hydrogen) atoms. The summed E-state index contributed by atoms with van der Waals surface area (Å²) in [7, 11) is 1.67. The lowest BCUT2D eigenvalue weighted by atomic mass is 10.2. The van der Waals surface area contributed by atoms with Crippen molar-refractivity contribution in [2.75, 3.05) is 7.11 Å². The van der Waals surface area contributed by atoms with E-state index in [4.69, 9.17) is 19.7 Å². The van der Waals surface area contributed by atoms with Gasteiger partial charge in [-0.05, 0) is 38.0 Å². The fourth-order valence-electron chi connectivity index (χ4n) is 5.22. The predicted molar refractivity (Wildman–Crippen MR) is 129 cm³/mol. The Bertz CT molecular complexity index is 1580. The molecule has 0 radical (unpaired) electrons. The normalized spacial score (nSPS) is 14.6. The molecule has 1 aliphatic carbocycles. The lowest BCUT2D eigenvalue weighted by molar-refractivity contribution is 0.409. The number of benzene rings is 2. The van der Waals surface area contributed by atoms with Crippen LogP contribution in [0.25, 0.3) is 33.2 Å². The van der Waals surface area contributed by atoms with Crippen molar-refractivity contribution in [2.24, 2.45) is 0 Å². The van der Waals surface area contributed by atoms with Crippen LogP contribution in [-0.4, -0.2) is 31.2 Å². The van der Waals surface area contributed by atoms with E-state index in [0.29, 0.717) is 28.7 Å². The van der Waals surface area contributed by atoms with E-state index in [0.717, 1.165) is 53.9 Å². The summed E-state index contributed by atoms with van der Waals surface area (Å²) in [4.78, 5) is 28.7. The molecule has 1 saturated carbocycles. The van der Waals surface area contributed by atoms with Gasteiger partial charge in [0.2, 0.25) is 0 Å². The first-order chi connectivity index (χ1) is 16.2. The average Bonchev–Trinajstić information content (AvgIpc) is 3.45. The van der Waals surface area contributed by atoms with Gasteiger partial charge < -0.3 is 9.30 Å². The summed E-state index contributed by atoms with van der Waals surface area (Å²) in [6.45, 7) is 2.41. The van der Waals surface area contributed by atoms with Gasteiger partial charge in [-0.3, -0.25) is 9.36 Å². The molecule has 0 unspecified atom stereocenters. The minimum Gasteiger partial charge on any atom is -0.496 e. The highest BCUT2D eigenvalue weighted by Crippen LogP contribution is 2.32. The first-order valence-electron chi connectivity index (χ1n) is 11.5. The van der Waals surface area contributed by atoms with E-state index in [-0.39, 0.29) is 11.6 Å². The first-order valence-corrected chi connectivity index (χ1v) is 11.5. The Morgan fingerprint density at radius 3 is 2.39 bits per heavy atom. The van der Waals surface area contributed by atoms with E-state index in [2.05, 4.69) is 0 Å². The van der Waals surface area contributed by atoms with Gasteiger partial charge in [-0.1, -0.05) is 43.2 Å². The van der Waals surface area contributed by atoms with Crippen molar-refractivity contribution < 1.29 is 4.74 Å². The Kier molecular flexibility index (Phi) is 4.64. The molecule has 0 N–H and O–H groups in total. The zero-order chi connectivity index (χ0) is 22.5. The molecule has 0 atom stereocenters. The third-order valence-electron chi connectivity index (χ3n) is 6.78. The van der Waals surface area contributed by atoms with Crippen molar-refractivity contribution in [3.8, 4) is 5.75 Å². The Morgan fingerprint density at radius 1 is 0.939 bits per heavy atom. The Morgan fingerprint density at radius 2 is 1.64 bits per heavy atom. The van der Waals surface area contributed by atoms with Crippen molar-refractivity contribution in [1.82, 2.24) is 24.1 Å². The van der Waals surface area contributed by atoms with Gasteiger partial charge in [0.15, 0.2) is 11.3 Å². The molecule has 3 heterocycles. The Hall–Kier alpha value is -3.74. The SMILES string of the molecule is COc1ccccc1Cn1c2nc3ccccc3nc2c2c(=O)n(C3CCCC3)c(C)nc21. The molecular formula is C26H25N5O2. The minimum atomic E-state index is -0.0160. The molecule has 1 fully saturated rings. The average molecular weight is 440 g/mol. The molecule has 0 bridgehead atoms. The zero-order valence-electron chi connectivity index (χ0n) is 18.8. The van der Waals surface area contributed by atoms with Crippen LogP contribution in [0.4, 0.5) is 0 Å². The second kappa shape index (κ2) is 7.69. The van der Waals surface area contributed by atoms with Gasteiger partial charge in [-0.25, -0.2) is 15.0 Å². The van der Waals surface area contributed by atoms with E-state index in [1.54, 1.807) is 7.11 Å². The fourth-order valence-corrected chi connectivity index (χ4v) is 5.22. The maximum Gasteiger partial charge on any atom is 0.265 e. The molecule has 0 aliphatic heterocycles. The van der Waals surface area contributed by atoms with E-state index in [1.165, 1.54) is 0 Å². The molecule has 2 aromatic carbocycles. The highest BCUT2D eigenvalue weighted by atomic mass is 16.5. The lowest BCUT2D eigenvalue weighted by Crippen LogP contribution is -2.27. The molecule has 0 saturated heterocycles.